The van der Waals surface area contributed by atoms with Crippen LogP contribution in [0.2, 0.25) is 0 Å². The van der Waals surface area contributed by atoms with Crippen molar-refractivity contribution in [3.05, 3.63) is 46.9 Å². The van der Waals surface area contributed by atoms with Crippen LogP contribution in [0.4, 0.5) is 10.2 Å². The summed E-state index contributed by atoms with van der Waals surface area (Å²) in [7, 11) is 1.82. The Morgan fingerprint density at radius 1 is 1.42 bits per heavy atom. The van der Waals surface area contributed by atoms with E-state index in [0.29, 0.717) is 11.5 Å². The smallest absolute Gasteiger partial charge is 0.134 e. The molecule has 0 atom stereocenters. The number of hydrogen-bond acceptors (Lipinski definition) is 3. The normalized spacial score (nSPS) is 10.5. The van der Waals surface area contributed by atoms with Crippen LogP contribution in [0.1, 0.15) is 16.8 Å². The highest BCUT2D eigenvalue weighted by atomic mass is 32.1. The molecule has 0 aliphatic carbocycles. The fourth-order valence-electron chi connectivity index (χ4n) is 1.94. The molecule has 1 aromatic carbocycles. The van der Waals surface area contributed by atoms with Crippen molar-refractivity contribution in [2.24, 2.45) is 12.8 Å². The van der Waals surface area contributed by atoms with Crippen LogP contribution in [0.5, 0.6) is 0 Å². The zero-order chi connectivity index (χ0) is 14.0. The molecule has 0 radical (unpaired) electrons. The van der Waals surface area contributed by atoms with Crippen molar-refractivity contribution < 1.29 is 4.39 Å². The number of aryl methyl sites for hydroxylation is 2. The Morgan fingerprint density at radius 2 is 2.05 bits per heavy atom. The first-order valence-electron chi connectivity index (χ1n) is 5.80. The van der Waals surface area contributed by atoms with Gasteiger partial charge in [0, 0.05) is 13.6 Å². The largest absolute Gasteiger partial charge is 0.389 e. The summed E-state index contributed by atoms with van der Waals surface area (Å²) in [6, 6.07) is 6.32. The van der Waals surface area contributed by atoms with Crippen LogP contribution in [0.15, 0.2) is 24.3 Å². The van der Waals surface area contributed by atoms with E-state index in [1.807, 2.05) is 14.0 Å². The Labute approximate surface area is 116 Å². The van der Waals surface area contributed by atoms with Gasteiger partial charge in [-0.15, -0.1) is 0 Å². The van der Waals surface area contributed by atoms with Gasteiger partial charge in [-0.2, -0.15) is 5.10 Å². The Balaban J connectivity index is 2.20. The number of hydrogen-bond donors (Lipinski definition) is 2. The van der Waals surface area contributed by atoms with Gasteiger partial charge < -0.3 is 11.1 Å². The number of aromatic nitrogens is 2. The predicted molar refractivity (Wildman–Crippen MR) is 77.6 cm³/mol. The van der Waals surface area contributed by atoms with Crippen LogP contribution in [0.25, 0.3) is 0 Å². The zero-order valence-electron chi connectivity index (χ0n) is 10.8. The highest BCUT2D eigenvalue weighted by Crippen LogP contribution is 2.19. The molecule has 0 bridgehead atoms. The number of nitrogens with one attached hydrogen (secondary N) is 1. The lowest BCUT2D eigenvalue weighted by atomic mass is 10.2. The molecule has 4 nitrogen and oxygen atoms in total. The second kappa shape index (κ2) is 5.36. The molecule has 100 valence electrons. The van der Waals surface area contributed by atoms with Gasteiger partial charge in [0.2, 0.25) is 0 Å². The zero-order valence-corrected chi connectivity index (χ0v) is 11.6. The second-order valence-corrected chi connectivity index (χ2v) is 4.72. The standard InChI is InChI=1S/C13H15FN4S/c1-8-11(12(15)19)13(18(2)17-8)16-7-9-3-5-10(14)6-4-9/h3-6,16H,7H2,1-2H3,(H2,15,19). The van der Waals surface area contributed by atoms with Crippen LogP contribution in [0, 0.1) is 12.7 Å². The molecule has 2 rings (SSSR count). The average Bonchev–Trinajstić information content (AvgIpc) is 2.63. The van der Waals surface area contributed by atoms with E-state index in [1.165, 1.54) is 12.1 Å². The van der Waals surface area contributed by atoms with Gasteiger partial charge in [-0.05, 0) is 24.6 Å². The van der Waals surface area contributed by atoms with E-state index in [0.717, 1.165) is 22.6 Å². The Kier molecular flexibility index (Phi) is 3.80. The third-order valence-electron chi connectivity index (χ3n) is 2.84. The molecule has 3 N–H and O–H groups in total. The molecule has 0 saturated heterocycles. The molecule has 1 aromatic heterocycles. The summed E-state index contributed by atoms with van der Waals surface area (Å²) in [6.45, 7) is 2.41. The SMILES string of the molecule is Cc1nn(C)c(NCc2ccc(F)cc2)c1C(N)=S. The molecule has 0 amide bonds. The number of benzene rings is 1. The summed E-state index contributed by atoms with van der Waals surface area (Å²) in [5, 5.41) is 7.52. The second-order valence-electron chi connectivity index (χ2n) is 4.28. The van der Waals surface area contributed by atoms with E-state index < -0.39 is 0 Å². The van der Waals surface area contributed by atoms with Crippen molar-refractivity contribution in [1.82, 2.24) is 9.78 Å². The summed E-state index contributed by atoms with van der Waals surface area (Å²) in [5.41, 5.74) is 8.21. The molecule has 1 heterocycles. The van der Waals surface area contributed by atoms with Gasteiger partial charge in [0.1, 0.15) is 16.6 Å². The molecule has 0 aliphatic heterocycles. The van der Waals surface area contributed by atoms with Crippen LogP contribution in [-0.2, 0) is 13.6 Å². The summed E-state index contributed by atoms with van der Waals surface area (Å²) in [4.78, 5) is 0.312. The van der Waals surface area contributed by atoms with Crippen molar-refractivity contribution in [2.45, 2.75) is 13.5 Å². The number of halogens is 1. The molecular formula is C13H15FN4S. The Hall–Kier alpha value is -1.95. The minimum atomic E-state index is -0.246. The first-order valence-corrected chi connectivity index (χ1v) is 6.21. The van der Waals surface area contributed by atoms with E-state index in [-0.39, 0.29) is 5.82 Å². The number of nitrogens with two attached hydrogens (primary N) is 1. The molecule has 0 fully saturated rings. The number of rotatable bonds is 4. The fraction of sp³-hybridized carbons (Fsp3) is 0.231. The van der Waals surface area contributed by atoms with Gasteiger partial charge in [0.25, 0.3) is 0 Å². The lowest BCUT2D eigenvalue weighted by molar-refractivity contribution is 0.627. The predicted octanol–water partition coefficient (Wildman–Crippen LogP) is 2.11. The first kappa shape index (κ1) is 13.5. The molecule has 0 saturated carbocycles. The topological polar surface area (TPSA) is 55.9 Å². The van der Waals surface area contributed by atoms with Crippen LogP contribution >= 0.6 is 12.2 Å². The number of anilines is 1. The fourth-order valence-corrected chi connectivity index (χ4v) is 2.19. The minimum Gasteiger partial charge on any atom is -0.389 e. The molecule has 19 heavy (non-hydrogen) atoms. The van der Waals surface area contributed by atoms with E-state index in [1.54, 1.807) is 16.8 Å². The molecule has 2 aromatic rings. The van der Waals surface area contributed by atoms with Crippen molar-refractivity contribution >= 4 is 23.0 Å². The van der Waals surface area contributed by atoms with E-state index in [2.05, 4.69) is 10.4 Å². The minimum absolute atomic E-state index is 0.246. The van der Waals surface area contributed by atoms with Gasteiger partial charge in [0.05, 0.1) is 11.3 Å². The van der Waals surface area contributed by atoms with Gasteiger partial charge in [-0.25, -0.2) is 4.39 Å². The highest BCUT2D eigenvalue weighted by Gasteiger charge is 2.15. The van der Waals surface area contributed by atoms with Crippen LogP contribution < -0.4 is 11.1 Å². The molecule has 6 heteroatoms. The quantitative estimate of drug-likeness (QED) is 0.841. The van der Waals surface area contributed by atoms with E-state index >= 15 is 0 Å². The third kappa shape index (κ3) is 2.90. The maximum atomic E-state index is 12.8. The highest BCUT2D eigenvalue weighted by molar-refractivity contribution is 7.80. The number of thiocarbonyl (C=S) groups is 1. The van der Waals surface area contributed by atoms with E-state index in [4.69, 9.17) is 18.0 Å². The lowest BCUT2D eigenvalue weighted by Gasteiger charge is -2.09. The maximum absolute atomic E-state index is 12.8. The van der Waals surface area contributed by atoms with Crippen LogP contribution in [0.3, 0.4) is 0 Å². The van der Waals surface area contributed by atoms with Crippen molar-refractivity contribution in [3.8, 4) is 0 Å². The van der Waals surface area contributed by atoms with Crippen molar-refractivity contribution in [2.75, 3.05) is 5.32 Å². The molecule has 0 aliphatic rings. The summed E-state index contributed by atoms with van der Waals surface area (Å²) in [5.74, 6) is 0.526. The monoisotopic (exact) mass is 278 g/mol. The van der Waals surface area contributed by atoms with Gasteiger partial charge in [-0.1, -0.05) is 24.4 Å². The average molecular weight is 278 g/mol. The molecule has 0 spiro atoms. The third-order valence-corrected chi connectivity index (χ3v) is 3.05. The van der Waals surface area contributed by atoms with E-state index in [9.17, 15) is 4.39 Å². The van der Waals surface area contributed by atoms with Gasteiger partial charge in [0.15, 0.2) is 0 Å². The van der Waals surface area contributed by atoms with Gasteiger partial charge >= 0.3 is 0 Å². The Morgan fingerprint density at radius 3 is 2.63 bits per heavy atom. The summed E-state index contributed by atoms with van der Waals surface area (Å²) < 4.78 is 14.5. The van der Waals surface area contributed by atoms with Crippen LogP contribution in [-0.4, -0.2) is 14.8 Å². The molecular weight excluding hydrogens is 263 g/mol. The van der Waals surface area contributed by atoms with Crippen molar-refractivity contribution in [1.29, 1.82) is 0 Å². The lowest BCUT2D eigenvalue weighted by Crippen LogP contribution is -2.14. The molecule has 0 unspecified atom stereocenters. The van der Waals surface area contributed by atoms with Crippen molar-refractivity contribution in [3.63, 3.8) is 0 Å². The number of nitrogens with zero attached hydrogens (tertiary/aromatic N) is 2. The first-order chi connectivity index (χ1) is 8.99. The summed E-state index contributed by atoms with van der Waals surface area (Å²) >= 11 is 5.03. The summed E-state index contributed by atoms with van der Waals surface area (Å²) in [6.07, 6.45) is 0. The van der Waals surface area contributed by atoms with Gasteiger partial charge in [-0.3, -0.25) is 4.68 Å². The Bertz CT molecular complexity index is 604. The maximum Gasteiger partial charge on any atom is 0.134 e.